The molecule has 0 bridgehead atoms. The molecule has 2 aromatic carbocycles. The minimum atomic E-state index is -0.448. The van der Waals surface area contributed by atoms with Gasteiger partial charge in [-0.1, -0.05) is 55.8 Å². The molecule has 0 N–H and O–H groups in total. The Morgan fingerprint density at radius 2 is 1.62 bits per heavy atom. The van der Waals surface area contributed by atoms with Crippen molar-refractivity contribution in [3.63, 3.8) is 0 Å². The maximum atomic E-state index is 14.4. The van der Waals surface area contributed by atoms with Crippen molar-refractivity contribution in [2.24, 2.45) is 0 Å². The Morgan fingerprint density at radius 1 is 0.966 bits per heavy atom. The lowest BCUT2D eigenvalue weighted by Gasteiger charge is -2.26. The van der Waals surface area contributed by atoms with E-state index in [-0.39, 0.29) is 17.0 Å². The molecule has 29 heavy (non-hydrogen) atoms. The van der Waals surface area contributed by atoms with Gasteiger partial charge in [0.05, 0.1) is 6.20 Å². The quantitative estimate of drug-likeness (QED) is 0.432. The Labute approximate surface area is 169 Å². The number of aromatic nitrogens is 3. The highest BCUT2D eigenvalue weighted by Crippen LogP contribution is 2.33. The number of ether oxygens (including phenoxy) is 1. The summed E-state index contributed by atoms with van der Waals surface area (Å²) in [5, 5.41) is 4.02. The first-order valence-electron chi connectivity index (χ1n) is 9.44. The number of pyridine rings is 1. The molecule has 0 saturated heterocycles. The molecule has 146 valence electrons. The Bertz CT molecular complexity index is 1100. The molecular weight excluding hydrogens is 365 g/mol. The zero-order valence-corrected chi connectivity index (χ0v) is 16.6. The maximum Gasteiger partial charge on any atom is 0.222 e. The van der Waals surface area contributed by atoms with E-state index in [1.54, 1.807) is 18.5 Å². The van der Waals surface area contributed by atoms with E-state index in [4.69, 9.17) is 4.74 Å². The van der Waals surface area contributed by atoms with Gasteiger partial charge in [-0.2, -0.15) is 5.10 Å². The number of benzene rings is 2. The number of nitrogens with zero attached hydrogens (tertiary/aromatic N) is 3. The van der Waals surface area contributed by atoms with E-state index in [0.29, 0.717) is 5.75 Å². The molecule has 0 saturated carbocycles. The molecule has 0 spiro atoms. The van der Waals surface area contributed by atoms with Crippen molar-refractivity contribution in [2.45, 2.75) is 26.2 Å². The van der Waals surface area contributed by atoms with Crippen molar-refractivity contribution in [3.05, 3.63) is 102 Å². The molecule has 0 aliphatic heterocycles. The summed E-state index contributed by atoms with van der Waals surface area (Å²) >= 11 is 0. The summed E-state index contributed by atoms with van der Waals surface area (Å²) in [4.78, 5) is 4.19. The van der Waals surface area contributed by atoms with Crippen LogP contribution in [0.25, 0.3) is 5.69 Å². The van der Waals surface area contributed by atoms with Gasteiger partial charge < -0.3 is 4.74 Å². The SMILES string of the molecule is Cc1ccc(C(C)(C)c2ccc(Oc3cc(F)c(-n4cccn4)cn3)cc2)cc1. The Hall–Kier alpha value is -3.47. The lowest BCUT2D eigenvalue weighted by atomic mass is 9.78. The Balaban J connectivity index is 1.52. The summed E-state index contributed by atoms with van der Waals surface area (Å²) in [5.41, 5.74) is 3.79. The van der Waals surface area contributed by atoms with E-state index in [1.165, 1.54) is 33.6 Å². The van der Waals surface area contributed by atoms with Gasteiger partial charge in [0.15, 0.2) is 5.82 Å². The van der Waals surface area contributed by atoms with Crippen LogP contribution in [0.1, 0.15) is 30.5 Å². The van der Waals surface area contributed by atoms with Crippen LogP contribution in [0.5, 0.6) is 11.6 Å². The largest absolute Gasteiger partial charge is 0.439 e. The van der Waals surface area contributed by atoms with Gasteiger partial charge in [0.2, 0.25) is 5.88 Å². The van der Waals surface area contributed by atoms with Crippen molar-refractivity contribution in [1.29, 1.82) is 0 Å². The third kappa shape index (κ3) is 3.90. The molecular formula is C24H22FN3O. The van der Waals surface area contributed by atoms with Crippen molar-refractivity contribution in [1.82, 2.24) is 14.8 Å². The predicted octanol–water partition coefficient (Wildman–Crippen LogP) is 5.83. The summed E-state index contributed by atoms with van der Waals surface area (Å²) in [6, 6.07) is 19.4. The van der Waals surface area contributed by atoms with Crippen LogP contribution in [-0.4, -0.2) is 14.8 Å². The van der Waals surface area contributed by atoms with E-state index in [0.717, 1.165) is 0 Å². The lowest BCUT2D eigenvalue weighted by Crippen LogP contribution is -2.18. The second kappa shape index (κ2) is 7.51. The fourth-order valence-corrected chi connectivity index (χ4v) is 3.24. The van der Waals surface area contributed by atoms with Gasteiger partial charge in [-0.3, -0.25) is 0 Å². The van der Waals surface area contributed by atoms with Crippen molar-refractivity contribution in [2.75, 3.05) is 0 Å². The van der Waals surface area contributed by atoms with Crippen LogP contribution >= 0.6 is 0 Å². The third-order valence-corrected chi connectivity index (χ3v) is 5.13. The van der Waals surface area contributed by atoms with Crippen LogP contribution in [0.3, 0.4) is 0 Å². The number of aryl methyl sites for hydroxylation is 1. The van der Waals surface area contributed by atoms with E-state index < -0.39 is 5.82 Å². The van der Waals surface area contributed by atoms with Crippen LogP contribution in [0.2, 0.25) is 0 Å². The highest BCUT2D eigenvalue weighted by molar-refractivity contribution is 5.42. The first-order valence-corrected chi connectivity index (χ1v) is 9.44. The number of hydrogen-bond acceptors (Lipinski definition) is 3. The zero-order valence-electron chi connectivity index (χ0n) is 16.6. The molecule has 0 fully saturated rings. The van der Waals surface area contributed by atoms with Crippen LogP contribution in [-0.2, 0) is 5.41 Å². The maximum absolute atomic E-state index is 14.4. The molecule has 4 rings (SSSR count). The highest BCUT2D eigenvalue weighted by Gasteiger charge is 2.23. The first-order chi connectivity index (χ1) is 13.9. The van der Waals surface area contributed by atoms with Crippen molar-refractivity contribution < 1.29 is 9.13 Å². The standard InChI is InChI=1S/C24H22FN3O/c1-17-5-7-18(8-6-17)24(2,3)19-9-11-20(12-10-19)29-23-15-21(25)22(16-26-23)28-14-4-13-27-28/h4-16H,1-3H3. The van der Waals surface area contributed by atoms with E-state index in [1.807, 2.05) is 24.3 Å². The third-order valence-electron chi connectivity index (χ3n) is 5.13. The lowest BCUT2D eigenvalue weighted by molar-refractivity contribution is 0.455. The van der Waals surface area contributed by atoms with Crippen molar-refractivity contribution in [3.8, 4) is 17.3 Å². The van der Waals surface area contributed by atoms with Crippen LogP contribution in [0.15, 0.2) is 79.3 Å². The van der Waals surface area contributed by atoms with Crippen LogP contribution in [0, 0.1) is 12.7 Å². The number of rotatable bonds is 5. The highest BCUT2D eigenvalue weighted by atomic mass is 19.1. The molecule has 0 atom stereocenters. The minimum absolute atomic E-state index is 0.137. The number of hydrogen-bond donors (Lipinski definition) is 0. The van der Waals surface area contributed by atoms with Gasteiger partial charge in [0.25, 0.3) is 0 Å². The summed E-state index contributed by atoms with van der Waals surface area (Å²) in [5.74, 6) is 0.354. The minimum Gasteiger partial charge on any atom is -0.439 e. The predicted molar refractivity (Wildman–Crippen MR) is 111 cm³/mol. The van der Waals surface area contributed by atoms with E-state index in [2.05, 4.69) is 55.1 Å². The fourth-order valence-electron chi connectivity index (χ4n) is 3.24. The fraction of sp³-hybridized carbons (Fsp3) is 0.167. The number of halogens is 1. The Morgan fingerprint density at radius 3 is 2.21 bits per heavy atom. The molecule has 0 radical (unpaired) electrons. The van der Waals surface area contributed by atoms with Gasteiger partial charge in [0.1, 0.15) is 11.4 Å². The Kier molecular flexibility index (Phi) is 4.89. The normalized spacial score (nSPS) is 11.4. The van der Waals surface area contributed by atoms with Gasteiger partial charge >= 0.3 is 0 Å². The second-order valence-electron chi connectivity index (χ2n) is 7.54. The van der Waals surface area contributed by atoms with Crippen LogP contribution < -0.4 is 4.74 Å². The first kappa shape index (κ1) is 18.9. The average Bonchev–Trinajstić information content (AvgIpc) is 3.23. The summed E-state index contributed by atoms with van der Waals surface area (Å²) in [6.45, 7) is 6.47. The molecule has 4 aromatic rings. The smallest absolute Gasteiger partial charge is 0.222 e. The molecule has 2 aromatic heterocycles. The van der Waals surface area contributed by atoms with Gasteiger partial charge in [0, 0.05) is 23.9 Å². The van der Waals surface area contributed by atoms with E-state index >= 15 is 0 Å². The molecule has 4 nitrogen and oxygen atoms in total. The topological polar surface area (TPSA) is 39.9 Å². The second-order valence-corrected chi connectivity index (χ2v) is 7.54. The molecule has 0 unspecified atom stereocenters. The van der Waals surface area contributed by atoms with Gasteiger partial charge in [-0.15, -0.1) is 0 Å². The molecule has 0 aliphatic rings. The summed E-state index contributed by atoms with van der Waals surface area (Å²) < 4.78 is 21.5. The van der Waals surface area contributed by atoms with Gasteiger partial charge in [-0.25, -0.2) is 14.1 Å². The van der Waals surface area contributed by atoms with Crippen molar-refractivity contribution >= 4 is 0 Å². The van der Waals surface area contributed by atoms with E-state index in [9.17, 15) is 4.39 Å². The molecule has 5 heteroatoms. The summed E-state index contributed by atoms with van der Waals surface area (Å²) in [6.07, 6.45) is 4.66. The monoisotopic (exact) mass is 387 g/mol. The van der Waals surface area contributed by atoms with Crippen LogP contribution in [0.4, 0.5) is 4.39 Å². The molecule has 0 amide bonds. The molecule has 0 aliphatic carbocycles. The average molecular weight is 387 g/mol. The zero-order chi connectivity index (χ0) is 20.4. The molecule has 2 heterocycles. The van der Waals surface area contributed by atoms with Gasteiger partial charge in [-0.05, 0) is 36.2 Å². The summed E-state index contributed by atoms with van der Waals surface area (Å²) in [7, 11) is 0.